The number of aromatic nitrogens is 4. The van der Waals surface area contributed by atoms with Gasteiger partial charge in [0, 0.05) is 61.4 Å². The first-order valence-corrected chi connectivity index (χ1v) is 16.6. The first-order valence-electron chi connectivity index (χ1n) is 16.6. The minimum atomic E-state index is -5.02. The lowest BCUT2D eigenvalue weighted by Crippen LogP contribution is -2.57. The topological polar surface area (TPSA) is 114 Å². The van der Waals surface area contributed by atoms with Gasteiger partial charge in [-0.05, 0) is 62.3 Å². The van der Waals surface area contributed by atoms with Crippen molar-refractivity contribution in [2.24, 2.45) is 12.5 Å². The van der Waals surface area contributed by atoms with E-state index in [2.05, 4.69) is 15.1 Å². The lowest BCUT2D eigenvalue weighted by Gasteiger charge is -2.47. The van der Waals surface area contributed by atoms with Gasteiger partial charge in [0.15, 0.2) is 0 Å². The normalized spacial score (nSPS) is 20.9. The summed E-state index contributed by atoms with van der Waals surface area (Å²) in [6, 6.07) is 0.142. The number of ether oxygens (including phenoxy) is 1. The average molecular weight is 711 g/mol. The van der Waals surface area contributed by atoms with Crippen LogP contribution in [0, 0.1) is 5.41 Å². The molecule has 1 saturated carbocycles. The van der Waals surface area contributed by atoms with Crippen molar-refractivity contribution in [2.45, 2.75) is 102 Å². The van der Waals surface area contributed by atoms with E-state index in [9.17, 15) is 41.0 Å². The minimum absolute atomic E-state index is 0.0947. The van der Waals surface area contributed by atoms with Crippen LogP contribution in [0.5, 0.6) is 0 Å². The third kappa shape index (κ3) is 7.99. The molecule has 3 heterocycles. The third-order valence-electron chi connectivity index (χ3n) is 9.89. The Morgan fingerprint density at radius 2 is 1.48 bits per heavy atom. The molecule has 10 nitrogen and oxygen atoms in total. The number of anilines is 1. The highest BCUT2D eigenvalue weighted by molar-refractivity contribution is 5.76. The van der Waals surface area contributed by atoms with E-state index in [0.29, 0.717) is 48.9 Å². The predicted molar refractivity (Wildman–Crippen MR) is 170 cm³/mol. The van der Waals surface area contributed by atoms with Crippen molar-refractivity contribution in [3.05, 3.63) is 59.7 Å². The summed E-state index contributed by atoms with van der Waals surface area (Å²) < 4.78 is 90.1. The van der Waals surface area contributed by atoms with Gasteiger partial charge in [-0.1, -0.05) is 26.7 Å². The summed E-state index contributed by atoms with van der Waals surface area (Å²) in [7, 11) is 1.74. The van der Waals surface area contributed by atoms with Gasteiger partial charge in [-0.3, -0.25) is 9.48 Å². The van der Waals surface area contributed by atoms with E-state index in [1.807, 2.05) is 13.8 Å². The Labute approximate surface area is 285 Å². The van der Waals surface area contributed by atoms with Crippen LogP contribution < -0.4 is 4.90 Å². The zero-order valence-electron chi connectivity index (χ0n) is 28.0. The van der Waals surface area contributed by atoms with Crippen LogP contribution in [-0.2, 0) is 35.5 Å². The smallest absolute Gasteiger partial charge is 0.416 e. The highest BCUT2D eigenvalue weighted by Crippen LogP contribution is 2.41. The number of carboxylic acids is 1. The van der Waals surface area contributed by atoms with Crippen molar-refractivity contribution < 1.29 is 45.8 Å². The zero-order valence-corrected chi connectivity index (χ0v) is 28.0. The number of carboxylic acid groups (broad SMARTS) is 1. The van der Waals surface area contributed by atoms with Crippen molar-refractivity contribution in [2.75, 3.05) is 11.5 Å². The summed E-state index contributed by atoms with van der Waals surface area (Å²) in [4.78, 5) is 37.9. The van der Waals surface area contributed by atoms with Gasteiger partial charge in [0.25, 0.3) is 0 Å². The van der Waals surface area contributed by atoms with E-state index < -0.39 is 59.1 Å². The van der Waals surface area contributed by atoms with E-state index in [0.717, 1.165) is 12.8 Å². The fourth-order valence-electron chi connectivity index (χ4n) is 7.13. The van der Waals surface area contributed by atoms with Gasteiger partial charge in [-0.25, -0.2) is 14.8 Å². The quantitative estimate of drug-likeness (QED) is 0.213. The molecule has 1 aliphatic heterocycles. The van der Waals surface area contributed by atoms with Crippen molar-refractivity contribution in [1.82, 2.24) is 24.6 Å². The first-order chi connectivity index (χ1) is 23.5. The van der Waals surface area contributed by atoms with Gasteiger partial charge in [-0.2, -0.15) is 31.4 Å². The zero-order chi connectivity index (χ0) is 36.4. The Morgan fingerprint density at radius 3 is 1.94 bits per heavy atom. The Kier molecular flexibility index (Phi) is 10.7. The average Bonchev–Trinajstić information content (AvgIpc) is 3.75. The van der Waals surface area contributed by atoms with Crippen molar-refractivity contribution in [1.29, 1.82) is 0 Å². The summed E-state index contributed by atoms with van der Waals surface area (Å²) in [5.74, 6) is -0.909. The van der Waals surface area contributed by atoms with Crippen LogP contribution in [0.15, 0.2) is 43.0 Å². The van der Waals surface area contributed by atoms with Gasteiger partial charge >= 0.3 is 24.4 Å². The van der Waals surface area contributed by atoms with Gasteiger partial charge in [-0.15, -0.1) is 0 Å². The molecule has 1 saturated heterocycles. The van der Waals surface area contributed by atoms with Crippen LogP contribution in [0.4, 0.5) is 37.1 Å². The summed E-state index contributed by atoms with van der Waals surface area (Å²) in [6.07, 6.45) is -0.553. The monoisotopic (exact) mass is 710 g/mol. The number of hydrogen-bond donors (Lipinski definition) is 1. The molecule has 0 radical (unpaired) electrons. The van der Waals surface area contributed by atoms with Crippen molar-refractivity contribution in [3.63, 3.8) is 0 Å². The number of benzene rings is 1. The number of halogens is 6. The molecule has 3 aromatic rings. The van der Waals surface area contributed by atoms with Gasteiger partial charge in [0.05, 0.1) is 17.3 Å². The molecule has 2 aliphatic rings. The predicted octanol–water partition coefficient (Wildman–Crippen LogP) is 7.72. The van der Waals surface area contributed by atoms with E-state index in [1.165, 1.54) is 12.4 Å². The molecule has 1 aliphatic carbocycles. The summed E-state index contributed by atoms with van der Waals surface area (Å²) >= 11 is 0. The summed E-state index contributed by atoms with van der Waals surface area (Å²) in [5, 5.41) is 14.0. The molecular formula is C34H40F6N6O4. The van der Waals surface area contributed by atoms with E-state index >= 15 is 0 Å². The fraction of sp³-hybridized carbons (Fsp3) is 0.559. The number of likely N-dealkylation sites (tertiary alicyclic amines) is 1. The second-order valence-corrected chi connectivity index (χ2v) is 13.2. The van der Waals surface area contributed by atoms with Crippen LogP contribution >= 0.6 is 0 Å². The molecule has 272 valence electrons. The molecule has 2 fully saturated rings. The molecular weight excluding hydrogens is 670 g/mol. The molecule has 50 heavy (non-hydrogen) atoms. The molecule has 5 rings (SSSR count). The number of carbonyl (C=O) groups is 2. The summed E-state index contributed by atoms with van der Waals surface area (Å²) in [5.41, 5.74) is -2.89. The largest absolute Gasteiger partial charge is 0.481 e. The Morgan fingerprint density at radius 1 is 0.920 bits per heavy atom. The molecule has 2 aromatic heterocycles. The minimum Gasteiger partial charge on any atom is -0.481 e. The highest BCUT2D eigenvalue weighted by Gasteiger charge is 2.45. The second kappa shape index (κ2) is 14.5. The fourth-order valence-corrected chi connectivity index (χ4v) is 7.13. The molecule has 1 amide bonds. The molecule has 1 unspecified atom stereocenters. The Bertz CT molecular complexity index is 1610. The Hall–Kier alpha value is -4.37. The maximum atomic E-state index is 13.8. The standard InChI is InChI=1S/C34H40F6N6O4/c1-4-26-13-28(14-27(5-2)46(26)31(49)50-20-32(29(47)48)8-6-7-9-32)45(30-41-15-22(16-42-30)23-17-43-44(3)19-23)18-21-10-24(33(35,36)37)12-25(11-21)34(38,39)40/h10-12,15-17,19,26-28H,4-9,13-14,18,20H2,1-3H3,(H,47,48)/t26-,27+,28?. The number of aliphatic carboxylic acids is 1. The van der Waals surface area contributed by atoms with Gasteiger partial charge in [0.2, 0.25) is 5.95 Å². The van der Waals surface area contributed by atoms with Crippen molar-refractivity contribution in [3.8, 4) is 11.1 Å². The number of carbonyl (C=O) groups excluding carboxylic acids is 1. The number of piperidine rings is 1. The SMILES string of the molecule is CC[C@@H]1CC(N(Cc2cc(C(F)(F)F)cc(C(F)(F)F)c2)c2ncc(-c3cnn(C)c3)cn2)C[C@H](CC)N1C(=O)OCC1(C(=O)O)CCCC1. The second-order valence-electron chi connectivity index (χ2n) is 13.2. The van der Waals surface area contributed by atoms with E-state index in [-0.39, 0.29) is 43.6 Å². The number of hydrogen-bond acceptors (Lipinski definition) is 7. The highest BCUT2D eigenvalue weighted by atomic mass is 19.4. The van der Waals surface area contributed by atoms with Crippen LogP contribution in [-0.4, -0.2) is 66.5 Å². The number of amides is 1. The van der Waals surface area contributed by atoms with Crippen LogP contribution in [0.25, 0.3) is 11.1 Å². The van der Waals surface area contributed by atoms with Gasteiger partial charge in [0.1, 0.15) is 12.0 Å². The maximum absolute atomic E-state index is 13.8. The van der Waals surface area contributed by atoms with Crippen LogP contribution in [0.3, 0.4) is 0 Å². The van der Waals surface area contributed by atoms with Crippen LogP contribution in [0.2, 0.25) is 0 Å². The Balaban J connectivity index is 1.48. The summed E-state index contributed by atoms with van der Waals surface area (Å²) in [6.45, 7) is 3.10. The molecule has 16 heteroatoms. The lowest BCUT2D eigenvalue weighted by molar-refractivity contribution is -0.151. The van der Waals surface area contributed by atoms with E-state index in [1.54, 1.807) is 33.9 Å². The molecule has 1 N–H and O–H groups in total. The lowest BCUT2D eigenvalue weighted by atomic mass is 9.87. The number of nitrogens with zero attached hydrogens (tertiary/aromatic N) is 6. The third-order valence-corrected chi connectivity index (χ3v) is 9.89. The number of rotatable bonds is 10. The maximum Gasteiger partial charge on any atom is 0.416 e. The van der Waals surface area contributed by atoms with Gasteiger partial charge < -0.3 is 19.6 Å². The molecule has 0 bridgehead atoms. The number of alkyl halides is 6. The number of aryl methyl sites for hydroxylation is 1. The van der Waals surface area contributed by atoms with E-state index in [4.69, 9.17) is 4.74 Å². The molecule has 1 aromatic carbocycles. The van der Waals surface area contributed by atoms with Crippen molar-refractivity contribution >= 4 is 18.0 Å². The molecule has 3 atom stereocenters. The molecule has 0 spiro atoms. The first kappa shape index (κ1) is 36.9. The van der Waals surface area contributed by atoms with Crippen LogP contribution in [0.1, 0.15) is 81.9 Å².